The van der Waals surface area contributed by atoms with E-state index in [0.29, 0.717) is 11.6 Å². The molecule has 2 heterocycles. The first-order chi connectivity index (χ1) is 28.7. The Labute approximate surface area is 337 Å². The van der Waals surface area contributed by atoms with Crippen molar-refractivity contribution in [2.24, 2.45) is 0 Å². The summed E-state index contributed by atoms with van der Waals surface area (Å²) in [5.74, 6) is 1.40. The van der Waals surface area contributed by atoms with Gasteiger partial charge in [-0.2, -0.15) is 0 Å². The van der Waals surface area contributed by atoms with E-state index in [2.05, 4.69) is 146 Å². The van der Waals surface area contributed by atoms with Crippen LogP contribution in [0.25, 0.3) is 101 Å². The van der Waals surface area contributed by atoms with Crippen LogP contribution >= 0.6 is 0 Å². The Kier molecular flexibility index (Phi) is 9.18. The minimum atomic E-state index is 0.698. The van der Waals surface area contributed by atoms with Crippen molar-refractivity contribution in [1.29, 1.82) is 0 Å². The van der Waals surface area contributed by atoms with Gasteiger partial charge in [0.15, 0.2) is 11.6 Å². The molecule has 0 bridgehead atoms. The lowest BCUT2D eigenvalue weighted by Gasteiger charge is -2.12. The molecule has 0 saturated carbocycles. The van der Waals surface area contributed by atoms with E-state index in [1.165, 1.54) is 16.3 Å². The molecule has 10 rings (SSSR count). The summed E-state index contributed by atoms with van der Waals surface area (Å²) < 4.78 is 0. The van der Waals surface area contributed by atoms with Crippen molar-refractivity contribution in [3.8, 4) is 90.1 Å². The van der Waals surface area contributed by atoms with Crippen molar-refractivity contribution in [3.05, 3.63) is 218 Å². The molecule has 0 aliphatic carbocycles. The van der Waals surface area contributed by atoms with E-state index in [4.69, 9.17) is 19.9 Å². The van der Waals surface area contributed by atoms with Crippen LogP contribution in [-0.4, -0.2) is 19.9 Å². The molecule has 4 heteroatoms. The summed E-state index contributed by atoms with van der Waals surface area (Å²) in [6.45, 7) is 0. The summed E-state index contributed by atoms with van der Waals surface area (Å²) in [4.78, 5) is 20.1. The van der Waals surface area contributed by atoms with Crippen LogP contribution in [0.4, 0.5) is 0 Å². The van der Waals surface area contributed by atoms with Crippen LogP contribution < -0.4 is 0 Å². The van der Waals surface area contributed by atoms with E-state index in [1.54, 1.807) is 0 Å². The summed E-state index contributed by atoms with van der Waals surface area (Å²) in [6.07, 6.45) is 0. The van der Waals surface area contributed by atoms with E-state index in [1.807, 2.05) is 72.8 Å². The molecule has 0 unspecified atom stereocenters. The average molecular weight is 741 g/mol. The largest absolute Gasteiger partial charge is 0.228 e. The molecule has 0 spiro atoms. The Balaban J connectivity index is 0.976. The Bertz CT molecular complexity index is 2890. The van der Waals surface area contributed by atoms with Crippen LogP contribution in [0, 0.1) is 0 Å². The summed E-state index contributed by atoms with van der Waals surface area (Å²) in [6, 6.07) is 75.7. The van der Waals surface area contributed by atoms with Gasteiger partial charge in [0.2, 0.25) is 0 Å². The molecule has 58 heavy (non-hydrogen) atoms. The molecule has 0 amide bonds. The van der Waals surface area contributed by atoms with Gasteiger partial charge in [-0.1, -0.05) is 200 Å². The molecule has 10 aromatic rings. The highest BCUT2D eigenvalue weighted by Gasteiger charge is 2.14. The Morgan fingerprint density at radius 1 is 0.224 bits per heavy atom. The van der Waals surface area contributed by atoms with Crippen LogP contribution in [0.15, 0.2) is 218 Å². The number of nitrogens with zero attached hydrogens (tertiary/aromatic N) is 4. The molecule has 0 atom stereocenters. The van der Waals surface area contributed by atoms with Crippen molar-refractivity contribution >= 4 is 10.8 Å². The molecule has 2 aromatic heterocycles. The minimum Gasteiger partial charge on any atom is -0.228 e. The second-order valence-corrected chi connectivity index (χ2v) is 14.3. The van der Waals surface area contributed by atoms with Gasteiger partial charge in [0.1, 0.15) is 0 Å². The van der Waals surface area contributed by atoms with Gasteiger partial charge in [-0.3, -0.25) is 0 Å². The first kappa shape index (κ1) is 34.7. The van der Waals surface area contributed by atoms with Gasteiger partial charge in [-0.15, -0.1) is 0 Å². The van der Waals surface area contributed by atoms with Crippen LogP contribution in [0.1, 0.15) is 0 Å². The number of benzene rings is 8. The lowest BCUT2D eigenvalue weighted by Crippen LogP contribution is -1.96. The maximum absolute atomic E-state index is 5.04. The zero-order chi connectivity index (χ0) is 38.7. The summed E-state index contributed by atoms with van der Waals surface area (Å²) in [7, 11) is 0. The average Bonchev–Trinajstić information content (AvgIpc) is 3.32. The maximum atomic E-state index is 5.04. The first-order valence-electron chi connectivity index (χ1n) is 19.5. The van der Waals surface area contributed by atoms with Crippen molar-refractivity contribution in [2.45, 2.75) is 0 Å². The van der Waals surface area contributed by atoms with Crippen LogP contribution in [-0.2, 0) is 0 Å². The fourth-order valence-corrected chi connectivity index (χ4v) is 7.49. The lowest BCUT2D eigenvalue weighted by molar-refractivity contribution is 1.18. The molecule has 272 valence electrons. The Hall–Kier alpha value is -7.82. The quantitative estimate of drug-likeness (QED) is 0.156. The van der Waals surface area contributed by atoms with Gasteiger partial charge in [0, 0.05) is 33.4 Å². The SMILES string of the molecule is c1ccc(-c2cc(-c3ccccc3)nc(-c3ccc(-c4ccc5cccc(-c6ccc(-c7nc(-c8ccccc8)cc(-c8ccccc8)n7)cc6)c5c4)cc3)n2)cc1. The zero-order valence-electron chi connectivity index (χ0n) is 31.6. The Morgan fingerprint density at radius 2 is 0.586 bits per heavy atom. The van der Waals surface area contributed by atoms with Crippen molar-refractivity contribution in [3.63, 3.8) is 0 Å². The van der Waals surface area contributed by atoms with Crippen molar-refractivity contribution in [1.82, 2.24) is 19.9 Å². The van der Waals surface area contributed by atoms with Gasteiger partial charge in [0.05, 0.1) is 22.8 Å². The van der Waals surface area contributed by atoms with Crippen LogP contribution in [0.2, 0.25) is 0 Å². The van der Waals surface area contributed by atoms with Crippen LogP contribution in [0.3, 0.4) is 0 Å². The monoisotopic (exact) mass is 740 g/mol. The second kappa shape index (κ2) is 15.4. The van der Waals surface area contributed by atoms with E-state index < -0.39 is 0 Å². The van der Waals surface area contributed by atoms with E-state index in [9.17, 15) is 0 Å². The molecular formula is C54H36N4. The molecule has 0 aliphatic rings. The Morgan fingerprint density at radius 3 is 1.00 bits per heavy atom. The second-order valence-electron chi connectivity index (χ2n) is 14.3. The van der Waals surface area contributed by atoms with Crippen LogP contribution in [0.5, 0.6) is 0 Å². The van der Waals surface area contributed by atoms with E-state index >= 15 is 0 Å². The number of aromatic nitrogens is 4. The first-order valence-corrected chi connectivity index (χ1v) is 19.5. The van der Waals surface area contributed by atoms with Crippen molar-refractivity contribution in [2.75, 3.05) is 0 Å². The van der Waals surface area contributed by atoms with E-state index in [0.717, 1.165) is 72.8 Å². The van der Waals surface area contributed by atoms with Gasteiger partial charge in [-0.05, 0) is 51.2 Å². The fourth-order valence-electron chi connectivity index (χ4n) is 7.49. The molecule has 8 aromatic carbocycles. The highest BCUT2D eigenvalue weighted by atomic mass is 14.9. The summed E-state index contributed by atoms with van der Waals surface area (Å²) >= 11 is 0. The highest BCUT2D eigenvalue weighted by molar-refractivity contribution is 5.99. The van der Waals surface area contributed by atoms with Gasteiger partial charge in [0.25, 0.3) is 0 Å². The minimum absolute atomic E-state index is 0.698. The molecule has 4 nitrogen and oxygen atoms in total. The maximum Gasteiger partial charge on any atom is 0.160 e. The summed E-state index contributed by atoms with van der Waals surface area (Å²) in [5, 5.41) is 2.38. The molecule has 0 radical (unpaired) electrons. The molecule has 0 fully saturated rings. The number of fused-ring (bicyclic) bond motifs is 1. The number of hydrogen-bond donors (Lipinski definition) is 0. The number of hydrogen-bond acceptors (Lipinski definition) is 4. The third kappa shape index (κ3) is 7.07. The van der Waals surface area contributed by atoms with Crippen molar-refractivity contribution < 1.29 is 0 Å². The highest BCUT2D eigenvalue weighted by Crippen LogP contribution is 2.35. The number of rotatable bonds is 8. The van der Waals surface area contributed by atoms with Gasteiger partial charge in [-0.25, -0.2) is 19.9 Å². The standard InChI is InChI=1S/C54H36N4/c1-5-14-40(15-6-1)49-35-50(41-16-7-2-8-17-41)56-53(55-49)44-29-24-37(25-30-44)46-33-28-38-22-13-23-47(48(38)34-46)39-26-31-45(32-27-39)54-57-51(42-18-9-3-10-19-42)36-52(58-54)43-20-11-4-12-21-43/h1-36H. The van der Waals surface area contributed by atoms with Gasteiger partial charge < -0.3 is 0 Å². The molecule has 0 saturated heterocycles. The van der Waals surface area contributed by atoms with Gasteiger partial charge >= 0.3 is 0 Å². The molecule has 0 N–H and O–H groups in total. The summed E-state index contributed by atoms with van der Waals surface area (Å²) in [5.41, 5.74) is 14.3. The third-order valence-electron chi connectivity index (χ3n) is 10.5. The topological polar surface area (TPSA) is 51.6 Å². The zero-order valence-corrected chi connectivity index (χ0v) is 31.6. The fraction of sp³-hybridized carbons (Fsp3) is 0. The predicted octanol–water partition coefficient (Wildman–Crippen LogP) is 13.8. The third-order valence-corrected chi connectivity index (χ3v) is 10.5. The van der Waals surface area contributed by atoms with E-state index in [-0.39, 0.29) is 0 Å². The molecular weight excluding hydrogens is 705 g/mol. The lowest BCUT2D eigenvalue weighted by atomic mass is 9.94. The molecule has 0 aliphatic heterocycles. The predicted molar refractivity (Wildman–Crippen MR) is 239 cm³/mol. The normalized spacial score (nSPS) is 11.1. The smallest absolute Gasteiger partial charge is 0.160 e.